The van der Waals surface area contributed by atoms with Crippen LogP contribution in [0.5, 0.6) is 5.75 Å². The number of nitrogens with zero attached hydrogens (tertiary/aromatic N) is 4. The lowest BCUT2D eigenvalue weighted by molar-refractivity contribution is 0.0983. The highest BCUT2D eigenvalue weighted by Gasteiger charge is 2.31. The minimum absolute atomic E-state index is 0.0338. The van der Waals surface area contributed by atoms with Gasteiger partial charge in [-0.2, -0.15) is 4.31 Å². The number of thiazole rings is 1. The van der Waals surface area contributed by atoms with Gasteiger partial charge in [-0.15, -0.1) is 0 Å². The molecule has 1 aliphatic heterocycles. The van der Waals surface area contributed by atoms with E-state index >= 15 is 0 Å². The van der Waals surface area contributed by atoms with Gasteiger partial charge in [-0.1, -0.05) is 43.2 Å². The highest BCUT2D eigenvalue weighted by molar-refractivity contribution is 7.89. The average molecular weight is 579 g/mol. The molecule has 2 aromatic carbocycles. The second kappa shape index (κ2) is 12.3. The van der Waals surface area contributed by atoms with E-state index in [1.54, 1.807) is 40.6 Å². The van der Waals surface area contributed by atoms with Crippen molar-refractivity contribution in [3.05, 3.63) is 47.0 Å². The van der Waals surface area contributed by atoms with Gasteiger partial charge in [0.25, 0.3) is 5.91 Å². The van der Waals surface area contributed by atoms with Crippen LogP contribution in [-0.2, 0) is 10.0 Å². The number of aromatic nitrogens is 1. The minimum Gasteiger partial charge on any atom is -0.494 e. The summed E-state index contributed by atoms with van der Waals surface area (Å²) in [5.74, 6) is 0.339. The molecule has 0 radical (unpaired) electrons. The van der Waals surface area contributed by atoms with E-state index in [9.17, 15) is 13.2 Å². The second-order valence-electron chi connectivity index (χ2n) is 9.39. The van der Waals surface area contributed by atoms with Crippen molar-refractivity contribution in [2.75, 3.05) is 44.7 Å². The summed E-state index contributed by atoms with van der Waals surface area (Å²) >= 11 is 7.79. The Morgan fingerprint density at radius 3 is 2.47 bits per heavy atom. The van der Waals surface area contributed by atoms with E-state index in [1.165, 1.54) is 23.5 Å². The van der Waals surface area contributed by atoms with Gasteiger partial charge in [0.1, 0.15) is 11.3 Å². The number of piperidine rings is 1. The van der Waals surface area contributed by atoms with E-state index in [0.717, 1.165) is 37.1 Å². The third-order valence-corrected chi connectivity index (χ3v) is 10.7. The lowest BCUT2D eigenvalue weighted by Gasteiger charge is -2.32. The molecule has 0 bridgehead atoms. The number of ether oxygens (including phenoxy) is 1. The molecule has 38 heavy (non-hydrogen) atoms. The average Bonchev–Trinajstić information content (AvgIpc) is 3.37. The molecule has 1 atom stereocenters. The predicted octanol–water partition coefficient (Wildman–Crippen LogP) is 5.51. The van der Waals surface area contributed by atoms with Gasteiger partial charge < -0.3 is 9.64 Å². The summed E-state index contributed by atoms with van der Waals surface area (Å²) < 4.78 is 34.3. The first kappa shape index (κ1) is 28.8. The summed E-state index contributed by atoms with van der Waals surface area (Å²) in [6.07, 6.45) is 2.75. The predicted molar refractivity (Wildman–Crippen MR) is 154 cm³/mol. The van der Waals surface area contributed by atoms with Gasteiger partial charge in [-0.3, -0.25) is 9.69 Å². The molecule has 206 valence electrons. The highest BCUT2D eigenvalue weighted by Crippen LogP contribution is 2.39. The van der Waals surface area contributed by atoms with Crippen LogP contribution < -0.4 is 9.64 Å². The number of hydrogen-bond acceptors (Lipinski definition) is 7. The van der Waals surface area contributed by atoms with Gasteiger partial charge in [-0.05, 0) is 69.3 Å². The van der Waals surface area contributed by atoms with E-state index in [4.69, 9.17) is 21.3 Å². The number of amides is 1. The Morgan fingerprint density at radius 1 is 1.13 bits per heavy atom. The van der Waals surface area contributed by atoms with Crippen LogP contribution in [0.15, 0.2) is 41.3 Å². The van der Waals surface area contributed by atoms with E-state index in [2.05, 4.69) is 18.7 Å². The molecule has 11 heteroatoms. The fraction of sp³-hybridized carbons (Fsp3) is 0.481. The quantitative estimate of drug-likeness (QED) is 0.315. The Hall–Kier alpha value is -2.24. The van der Waals surface area contributed by atoms with Crippen LogP contribution in [0.3, 0.4) is 0 Å². The Labute approximate surface area is 234 Å². The summed E-state index contributed by atoms with van der Waals surface area (Å²) in [6, 6.07) is 9.74. The van der Waals surface area contributed by atoms with E-state index < -0.39 is 10.0 Å². The van der Waals surface area contributed by atoms with Gasteiger partial charge in [0, 0.05) is 31.2 Å². The number of anilines is 1. The van der Waals surface area contributed by atoms with E-state index in [-0.39, 0.29) is 16.8 Å². The van der Waals surface area contributed by atoms with Crippen molar-refractivity contribution in [1.82, 2.24) is 14.2 Å². The molecule has 8 nitrogen and oxygen atoms in total. The van der Waals surface area contributed by atoms with Gasteiger partial charge >= 0.3 is 0 Å². The fourth-order valence-electron chi connectivity index (χ4n) is 4.78. The number of carbonyl (C=O) groups excluding carboxylic acids is 1. The Morgan fingerprint density at radius 2 is 1.84 bits per heavy atom. The maximum Gasteiger partial charge on any atom is 0.260 e. The van der Waals surface area contributed by atoms with Crippen molar-refractivity contribution >= 4 is 54.2 Å². The zero-order valence-electron chi connectivity index (χ0n) is 22.3. The highest BCUT2D eigenvalue weighted by atomic mass is 35.5. The van der Waals surface area contributed by atoms with Gasteiger partial charge in [0.2, 0.25) is 10.0 Å². The molecular weight excluding hydrogens is 544 g/mol. The number of halogens is 1. The molecule has 2 heterocycles. The topological polar surface area (TPSA) is 83.1 Å². The normalized spacial score (nSPS) is 16.7. The summed E-state index contributed by atoms with van der Waals surface area (Å²) in [5.41, 5.74) is 1.00. The van der Waals surface area contributed by atoms with Crippen molar-refractivity contribution < 1.29 is 17.9 Å². The van der Waals surface area contributed by atoms with Crippen LogP contribution in [0.2, 0.25) is 5.02 Å². The van der Waals surface area contributed by atoms with Crippen molar-refractivity contribution in [2.45, 2.75) is 51.0 Å². The smallest absolute Gasteiger partial charge is 0.260 e. The summed E-state index contributed by atoms with van der Waals surface area (Å²) in [4.78, 5) is 22.6. The maximum atomic E-state index is 13.8. The molecular formula is C27H35ClN4O4S2. The zero-order chi connectivity index (χ0) is 27.4. The third-order valence-electron chi connectivity index (χ3n) is 7.13. The summed E-state index contributed by atoms with van der Waals surface area (Å²) in [7, 11) is -2.05. The van der Waals surface area contributed by atoms with Crippen LogP contribution in [-0.4, -0.2) is 74.4 Å². The lowest BCUT2D eigenvalue weighted by atomic mass is 10.1. The third kappa shape index (κ3) is 5.84. The Bertz CT molecular complexity index is 1370. The lowest BCUT2D eigenvalue weighted by Crippen LogP contribution is -2.42. The number of hydrogen-bond donors (Lipinski definition) is 0. The molecule has 4 rings (SSSR count). The number of likely N-dealkylation sites (N-methyl/N-ethyl adjacent to an activating group) is 1. The molecule has 1 aromatic heterocycles. The number of methoxy groups -OCH3 is 1. The van der Waals surface area contributed by atoms with Crippen LogP contribution in [0.25, 0.3) is 10.2 Å². The molecule has 1 amide bonds. The minimum atomic E-state index is -3.62. The Balaban J connectivity index is 1.67. The van der Waals surface area contributed by atoms with Gasteiger partial charge in [0.15, 0.2) is 5.13 Å². The number of carbonyl (C=O) groups is 1. The second-order valence-corrected chi connectivity index (χ2v) is 12.7. The van der Waals surface area contributed by atoms with Crippen molar-refractivity contribution in [3.8, 4) is 5.75 Å². The maximum absolute atomic E-state index is 13.8. The zero-order valence-corrected chi connectivity index (χ0v) is 24.7. The molecule has 1 unspecified atom stereocenters. The van der Waals surface area contributed by atoms with Gasteiger partial charge in [0.05, 0.1) is 21.7 Å². The number of fused-ring (bicyclic) bond motifs is 1. The molecule has 0 N–H and O–H groups in total. The molecule has 3 aromatic rings. The first-order chi connectivity index (χ1) is 18.2. The largest absolute Gasteiger partial charge is 0.494 e. The molecule has 0 aliphatic carbocycles. The Kier molecular flexibility index (Phi) is 9.31. The van der Waals surface area contributed by atoms with Crippen molar-refractivity contribution in [1.29, 1.82) is 0 Å². The van der Waals surface area contributed by atoms with Crippen LogP contribution in [0, 0.1) is 0 Å². The summed E-state index contributed by atoms with van der Waals surface area (Å²) in [5, 5.41) is 1.06. The fourth-order valence-corrected chi connectivity index (χ4v) is 7.76. The first-order valence-corrected chi connectivity index (χ1v) is 15.6. The molecule has 1 saturated heterocycles. The van der Waals surface area contributed by atoms with E-state index in [0.29, 0.717) is 46.6 Å². The van der Waals surface area contributed by atoms with E-state index in [1.807, 2.05) is 6.92 Å². The van der Waals surface area contributed by atoms with Crippen LogP contribution in [0.4, 0.5) is 5.13 Å². The SMILES string of the molecule is CCN(CC)CCN(C(=O)c1ccc(S(=O)(=O)N2CCCCC2C)cc1)c1nc2c(OC)ccc(Cl)c2s1. The van der Waals surface area contributed by atoms with Crippen LogP contribution >= 0.6 is 22.9 Å². The first-order valence-electron chi connectivity index (χ1n) is 13.0. The standard InChI is InChI=1S/C27H35ClN4O4S2/c1-5-30(6-2)17-18-31(27-29-24-23(36-4)15-14-22(28)25(24)37-27)26(33)20-10-12-21(13-11-20)38(34,35)32-16-8-7-9-19(32)3/h10-15,19H,5-9,16-18H2,1-4H3. The van der Waals surface area contributed by atoms with Crippen LogP contribution in [0.1, 0.15) is 50.4 Å². The monoisotopic (exact) mass is 578 g/mol. The molecule has 0 spiro atoms. The summed E-state index contributed by atoms with van der Waals surface area (Å²) in [6.45, 7) is 9.44. The number of benzene rings is 2. The molecule has 1 fully saturated rings. The van der Waals surface area contributed by atoms with Crippen molar-refractivity contribution in [3.63, 3.8) is 0 Å². The number of sulfonamides is 1. The van der Waals surface area contributed by atoms with Crippen molar-refractivity contribution in [2.24, 2.45) is 0 Å². The van der Waals surface area contributed by atoms with Gasteiger partial charge in [-0.25, -0.2) is 13.4 Å². The number of rotatable bonds is 10. The molecule has 1 aliphatic rings. The molecule has 0 saturated carbocycles.